The molecule has 0 aliphatic heterocycles. The zero-order chi connectivity index (χ0) is 30.0. The third-order valence-electron chi connectivity index (χ3n) is 8.83. The maximum Gasteiger partial charge on any atom is 0.255 e. The summed E-state index contributed by atoms with van der Waals surface area (Å²) in [5, 5.41) is 45.7. The van der Waals surface area contributed by atoms with Crippen molar-refractivity contribution in [1.82, 2.24) is 4.90 Å². The van der Waals surface area contributed by atoms with Gasteiger partial charge in [-0.1, -0.05) is 17.9 Å². The Morgan fingerprint density at radius 2 is 1.80 bits per heavy atom. The number of ketones is 2. The number of nitrogens with two attached hydrogens (primary N) is 1. The number of benzene rings is 1. The molecule has 4 aliphatic carbocycles. The summed E-state index contributed by atoms with van der Waals surface area (Å²) in [6.07, 6.45) is 6.28. The first kappa shape index (κ1) is 28.5. The van der Waals surface area contributed by atoms with Gasteiger partial charge < -0.3 is 31.1 Å². The van der Waals surface area contributed by atoms with Crippen LogP contribution < -0.4 is 10.6 Å². The molecule has 10 nitrogen and oxygen atoms in total. The molecular weight excluding hydrogens is 526 g/mol. The number of aromatic hydroxyl groups is 1. The number of primary amides is 1. The van der Waals surface area contributed by atoms with Gasteiger partial charge in [0.1, 0.15) is 22.8 Å². The first-order valence-electron chi connectivity index (χ1n) is 13.7. The van der Waals surface area contributed by atoms with Gasteiger partial charge in [0.25, 0.3) is 5.91 Å². The van der Waals surface area contributed by atoms with Gasteiger partial charge in [-0.25, -0.2) is 0 Å². The van der Waals surface area contributed by atoms with E-state index in [4.69, 9.17) is 5.73 Å². The number of fused-ring (bicyclic) bond motifs is 3. The van der Waals surface area contributed by atoms with Crippen molar-refractivity contribution in [2.24, 2.45) is 17.6 Å². The zero-order valence-electron chi connectivity index (χ0n) is 23.6. The molecule has 6 N–H and O–H groups in total. The second kappa shape index (κ2) is 10.1. The molecule has 1 aromatic rings. The molecule has 4 aliphatic rings. The van der Waals surface area contributed by atoms with Crippen LogP contribution in [0.2, 0.25) is 0 Å². The molecule has 1 aromatic carbocycles. The van der Waals surface area contributed by atoms with Crippen LogP contribution in [0.25, 0.3) is 5.76 Å². The minimum Gasteiger partial charge on any atom is -0.508 e. The number of aliphatic hydroxyl groups excluding tert-OH is 2. The van der Waals surface area contributed by atoms with E-state index >= 15 is 0 Å². The lowest BCUT2D eigenvalue weighted by atomic mass is 9.57. The molecule has 1 fully saturated rings. The molecule has 0 unspecified atom stereocenters. The SMILES string of the molecule is CN(C)c1cc(C#CC2=CCCCC2)c(O)c2c1C[C@H]1C[C@H]3[C@H](N(C)C)C(=O)C(C(N)=O)=C(O)[C@@]3(O)C(=O)C1=C2O. The predicted octanol–water partition coefficient (Wildman–Crippen LogP) is 1.88. The first-order valence-corrected chi connectivity index (χ1v) is 13.7. The highest BCUT2D eigenvalue weighted by atomic mass is 16.3. The van der Waals surface area contributed by atoms with Crippen LogP contribution in [0.3, 0.4) is 0 Å². The summed E-state index contributed by atoms with van der Waals surface area (Å²) >= 11 is 0. The molecule has 0 heterocycles. The van der Waals surface area contributed by atoms with E-state index in [1.807, 2.05) is 19.0 Å². The van der Waals surface area contributed by atoms with E-state index in [1.54, 1.807) is 20.2 Å². The summed E-state index contributed by atoms with van der Waals surface area (Å²) in [5.74, 6) is -0.604. The Bertz CT molecular complexity index is 1540. The summed E-state index contributed by atoms with van der Waals surface area (Å²) in [4.78, 5) is 42.8. The maximum absolute atomic E-state index is 14.1. The number of allylic oxidation sites excluding steroid dienone is 2. The van der Waals surface area contributed by atoms with Gasteiger partial charge in [-0.05, 0) is 75.7 Å². The van der Waals surface area contributed by atoms with Crippen molar-refractivity contribution in [3.05, 3.63) is 51.3 Å². The van der Waals surface area contributed by atoms with Crippen molar-refractivity contribution in [2.45, 2.75) is 50.2 Å². The Hall–Kier alpha value is -4.07. The van der Waals surface area contributed by atoms with E-state index in [2.05, 4.69) is 17.9 Å². The molecule has 1 amide bonds. The summed E-state index contributed by atoms with van der Waals surface area (Å²) in [6, 6.07) is 0.630. The highest BCUT2D eigenvalue weighted by Crippen LogP contribution is 2.54. The number of carbonyl (C=O) groups is 3. The molecule has 0 spiro atoms. The minimum atomic E-state index is -2.67. The molecule has 216 valence electrons. The van der Waals surface area contributed by atoms with E-state index in [9.17, 15) is 34.8 Å². The largest absolute Gasteiger partial charge is 0.508 e. The molecule has 4 atom stereocenters. The predicted molar refractivity (Wildman–Crippen MR) is 152 cm³/mol. The Labute approximate surface area is 238 Å². The molecular formula is C31H35N3O7. The Morgan fingerprint density at radius 1 is 1.10 bits per heavy atom. The fourth-order valence-electron chi connectivity index (χ4n) is 6.89. The van der Waals surface area contributed by atoms with E-state index in [0.29, 0.717) is 11.3 Å². The third-order valence-corrected chi connectivity index (χ3v) is 8.83. The smallest absolute Gasteiger partial charge is 0.255 e. The van der Waals surface area contributed by atoms with Gasteiger partial charge in [0.2, 0.25) is 5.78 Å². The summed E-state index contributed by atoms with van der Waals surface area (Å²) in [6.45, 7) is 0. The number of likely N-dealkylation sites (N-methyl/N-ethyl adjacent to an activating group) is 1. The molecule has 5 rings (SSSR count). The number of Topliss-reactive ketones (excluding diaryl/α,β-unsaturated/α-hetero) is 2. The fraction of sp³-hybridized carbons (Fsp3) is 0.452. The van der Waals surface area contributed by atoms with Crippen LogP contribution in [0.15, 0.2) is 34.6 Å². The molecule has 10 heteroatoms. The lowest BCUT2D eigenvalue weighted by Gasteiger charge is -2.50. The van der Waals surface area contributed by atoms with Gasteiger partial charge in [-0.3, -0.25) is 19.3 Å². The topological polar surface area (TPSA) is 165 Å². The lowest BCUT2D eigenvalue weighted by Crippen LogP contribution is -2.65. The summed E-state index contributed by atoms with van der Waals surface area (Å²) < 4.78 is 0. The normalized spacial score (nSPS) is 27.5. The Kier molecular flexibility index (Phi) is 7.00. The Balaban J connectivity index is 1.71. The standard InChI is InChI=1S/C31H35N3O7/c1-33(2)20-14-16(11-10-15-8-6-5-7-9-15)25(35)22-18(20)12-17-13-19-24(34(3)4)27(37)23(30(32)40)29(39)31(19,41)28(38)21(17)26(22)36/h8,14,17,19,24,35-36,39,41H,5-7,9,12-13H2,1-4H3,(H2,32,40)/t17-,19-,24-,31-/m0/s1. The first-order chi connectivity index (χ1) is 19.3. The number of nitrogens with zero attached hydrogens (tertiary/aromatic N) is 2. The van der Waals surface area contributed by atoms with Crippen molar-refractivity contribution >= 4 is 28.9 Å². The molecule has 1 saturated carbocycles. The van der Waals surface area contributed by atoms with Crippen LogP contribution in [-0.2, 0) is 20.8 Å². The average molecular weight is 562 g/mol. The van der Waals surface area contributed by atoms with E-state index in [1.165, 1.54) is 4.90 Å². The molecule has 0 saturated heterocycles. The lowest BCUT2D eigenvalue weighted by molar-refractivity contribution is -0.153. The van der Waals surface area contributed by atoms with Gasteiger partial charge in [0.05, 0.1) is 17.2 Å². The molecule has 0 bridgehead atoms. The fourth-order valence-corrected chi connectivity index (χ4v) is 6.89. The second-order valence-corrected chi connectivity index (χ2v) is 11.7. The number of aliphatic hydroxyl groups is 3. The monoisotopic (exact) mass is 561 g/mol. The summed E-state index contributed by atoms with van der Waals surface area (Å²) in [7, 11) is 6.79. The summed E-state index contributed by atoms with van der Waals surface area (Å²) in [5.41, 5.74) is 4.29. The number of hydrogen-bond donors (Lipinski definition) is 5. The zero-order valence-corrected chi connectivity index (χ0v) is 23.6. The number of phenolic OH excluding ortho intramolecular Hbond substituents is 1. The van der Waals surface area contributed by atoms with Crippen molar-refractivity contribution < 1.29 is 34.8 Å². The highest BCUT2D eigenvalue weighted by molar-refractivity contribution is 6.24. The molecule has 0 aromatic heterocycles. The number of rotatable bonds is 3. The molecule has 0 radical (unpaired) electrons. The van der Waals surface area contributed by atoms with Crippen LogP contribution in [0.4, 0.5) is 5.69 Å². The van der Waals surface area contributed by atoms with Gasteiger partial charge in [0, 0.05) is 31.3 Å². The van der Waals surface area contributed by atoms with Crippen LogP contribution in [0, 0.1) is 23.7 Å². The number of anilines is 1. The van der Waals surface area contributed by atoms with Crippen molar-refractivity contribution in [1.29, 1.82) is 0 Å². The number of amides is 1. The third kappa shape index (κ3) is 4.23. The van der Waals surface area contributed by atoms with Gasteiger partial charge in [-0.2, -0.15) is 0 Å². The van der Waals surface area contributed by atoms with Gasteiger partial charge in [0.15, 0.2) is 11.4 Å². The number of carbonyl (C=O) groups excluding carboxylic acids is 3. The van der Waals surface area contributed by atoms with Crippen LogP contribution in [-0.4, -0.2) is 82.6 Å². The maximum atomic E-state index is 14.1. The average Bonchev–Trinajstić information content (AvgIpc) is 2.90. The van der Waals surface area contributed by atoms with E-state index in [-0.39, 0.29) is 35.3 Å². The Morgan fingerprint density at radius 3 is 2.39 bits per heavy atom. The van der Waals surface area contributed by atoms with Crippen LogP contribution in [0.5, 0.6) is 5.75 Å². The van der Waals surface area contributed by atoms with E-state index in [0.717, 1.165) is 31.3 Å². The highest BCUT2D eigenvalue weighted by Gasteiger charge is 2.64. The van der Waals surface area contributed by atoms with Crippen molar-refractivity contribution in [2.75, 3.05) is 33.1 Å². The van der Waals surface area contributed by atoms with Gasteiger partial charge in [-0.15, -0.1) is 0 Å². The number of hydrogen-bond acceptors (Lipinski definition) is 9. The number of phenols is 1. The quantitative estimate of drug-likeness (QED) is 0.274. The second-order valence-electron chi connectivity index (χ2n) is 11.7. The van der Waals surface area contributed by atoms with Crippen LogP contribution >= 0.6 is 0 Å². The van der Waals surface area contributed by atoms with Gasteiger partial charge >= 0.3 is 0 Å². The molecule has 41 heavy (non-hydrogen) atoms. The van der Waals surface area contributed by atoms with E-state index < -0.39 is 58.0 Å². The van der Waals surface area contributed by atoms with Crippen molar-refractivity contribution in [3.8, 4) is 17.6 Å². The van der Waals surface area contributed by atoms with Crippen molar-refractivity contribution in [3.63, 3.8) is 0 Å². The minimum absolute atomic E-state index is 0.0365. The van der Waals surface area contributed by atoms with Crippen LogP contribution in [0.1, 0.15) is 48.8 Å².